The maximum absolute atomic E-state index is 13.2. The first-order valence-electron chi connectivity index (χ1n) is 9.45. The number of halogens is 3. The standard InChI is InChI=1S/C21H22F3NO4S/c1-14-11-15(2)13-17(12-14)29-20(26)16-7-9-25(10-8-16)30(27,28)19-6-4-3-5-18(19)21(22,23)24/h3-6,11-13,16H,7-10H2,1-2H3. The summed E-state index contributed by atoms with van der Waals surface area (Å²) in [6.45, 7) is 3.65. The predicted octanol–water partition coefficient (Wildman–Crippen LogP) is 4.33. The quantitative estimate of drug-likeness (QED) is 0.523. The molecule has 9 heteroatoms. The first-order valence-corrected chi connectivity index (χ1v) is 10.9. The molecule has 30 heavy (non-hydrogen) atoms. The molecule has 0 saturated carbocycles. The summed E-state index contributed by atoms with van der Waals surface area (Å²) in [7, 11) is -4.33. The van der Waals surface area contributed by atoms with Crippen LogP contribution in [0.5, 0.6) is 5.75 Å². The normalized spacial score (nSPS) is 16.4. The number of hydrogen-bond acceptors (Lipinski definition) is 4. The lowest BCUT2D eigenvalue weighted by atomic mass is 9.98. The van der Waals surface area contributed by atoms with E-state index in [1.54, 1.807) is 12.1 Å². The highest BCUT2D eigenvalue weighted by molar-refractivity contribution is 7.89. The van der Waals surface area contributed by atoms with Gasteiger partial charge in [-0.2, -0.15) is 17.5 Å². The molecule has 3 rings (SSSR count). The Labute approximate surface area is 173 Å². The van der Waals surface area contributed by atoms with Gasteiger partial charge in [0.15, 0.2) is 0 Å². The van der Waals surface area contributed by atoms with Gasteiger partial charge in [-0.05, 0) is 62.1 Å². The molecule has 0 spiro atoms. The van der Waals surface area contributed by atoms with Gasteiger partial charge < -0.3 is 4.74 Å². The molecule has 1 aliphatic heterocycles. The van der Waals surface area contributed by atoms with Crippen molar-refractivity contribution in [3.63, 3.8) is 0 Å². The van der Waals surface area contributed by atoms with Crippen LogP contribution >= 0.6 is 0 Å². The van der Waals surface area contributed by atoms with Gasteiger partial charge in [0.05, 0.1) is 16.4 Å². The number of esters is 1. The van der Waals surface area contributed by atoms with Crippen molar-refractivity contribution in [2.24, 2.45) is 5.92 Å². The summed E-state index contributed by atoms with van der Waals surface area (Å²) in [5.41, 5.74) is 0.699. The van der Waals surface area contributed by atoms with Crippen molar-refractivity contribution in [2.75, 3.05) is 13.1 Å². The van der Waals surface area contributed by atoms with E-state index in [9.17, 15) is 26.4 Å². The third kappa shape index (κ3) is 4.84. The fourth-order valence-electron chi connectivity index (χ4n) is 3.59. The van der Waals surface area contributed by atoms with Crippen LogP contribution in [0.4, 0.5) is 13.2 Å². The first-order chi connectivity index (χ1) is 14.0. The number of benzene rings is 2. The molecule has 0 unspecified atom stereocenters. The minimum Gasteiger partial charge on any atom is -0.426 e. The number of carbonyl (C=O) groups is 1. The van der Waals surface area contributed by atoms with Crippen LogP contribution in [-0.4, -0.2) is 31.8 Å². The highest BCUT2D eigenvalue weighted by Crippen LogP contribution is 2.36. The van der Waals surface area contributed by atoms with E-state index < -0.39 is 38.5 Å². The van der Waals surface area contributed by atoms with Crippen LogP contribution in [0, 0.1) is 19.8 Å². The van der Waals surface area contributed by atoms with Crippen LogP contribution in [-0.2, 0) is 21.0 Å². The molecule has 2 aromatic carbocycles. The Morgan fingerprint density at radius 2 is 1.60 bits per heavy atom. The van der Waals surface area contributed by atoms with Gasteiger partial charge in [0.1, 0.15) is 5.75 Å². The summed E-state index contributed by atoms with van der Waals surface area (Å²) < 4.78 is 71.7. The maximum atomic E-state index is 13.2. The summed E-state index contributed by atoms with van der Waals surface area (Å²) in [5, 5.41) is 0. The highest BCUT2D eigenvalue weighted by atomic mass is 32.2. The lowest BCUT2D eigenvalue weighted by molar-refractivity contribution is -0.140. The predicted molar refractivity (Wildman–Crippen MR) is 104 cm³/mol. The average molecular weight is 441 g/mol. The number of nitrogens with zero attached hydrogens (tertiary/aromatic N) is 1. The van der Waals surface area contributed by atoms with Gasteiger partial charge in [-0.3, -0.25) is 4.79 Å². The van der Waals surface area contributed by atoms with Gasteiger partial charge in [-0.15, -0.1) is 0 Å². The number of carbonyl (C=O) groups excluding carboxylic acids is 1. The molecule has 1 aliphatic rings. The monoisotopic (exact) mass is 441 g/mol. The second kappa shape index (κ2) is 8.39. The Morgan fingerprint density at radius 3 is 2.17 bits per heavy atom. The molecule has 0 amide bonds. The molecule has 162 valence electrons. The van der Waals surface area contributed by atoms with Crippen molar-refractivity contribution in [2.45, 2.75) is 37.8 Å². The van der Waals surface area contributed by atoms with Crippen LogP contribution in [0.3, 0.4) is 0 Å². The van der Waals surface area contributed by atoms with Crippen LogP contribution in [0.15, 0.2) is 47.4 Å². The molecule has 1 fully saturated rings. The highest BCUT2D eigenvalue weighted by Gasteiger charge is 2.40. The molecule has 0 aliphatic carbocycles. The SMILES string of the molecule is Cc1cc(C)cc(OC(=O)C2CCN(S(=O)(=O)c3ccccc3C(F)(F)F)CC2)c1. The molecule has 1 saturated heterocycles. The number of sulfonamides is 1. The van der Waals surface area contributed by atoms with E-state index in [2.05, 4.69) is 0 Å². The fraction of sp³-hybridized carbons (Fsp3) is 0.381. The van der Waals surface area contributed by atoms with Crippen LogP contribution in [0.2, 0.25) is 0 Å². The zero-order chi connectivity index (χ0) is 22.1. The summed E-state index contributed by atoms with van der Waals surface area (Å²) >= 11 is 0. The van der Waals surface area contributed by atoms with Gasteiger partial charge in [-0.1, -0.05) is 18.2 Å². The summed E-state index contributed by atoms with van der Waals surface area (Å²) in [5.74, 6) is -0.561. The van der Waals surface area contributed by atoms with E-state index in [1.807, 2.05) is 19.9 Å². The van der Waals surface area contributed by atoms with Crippen molar-refractivity contribution in [1.29, 1.82) is 0 Å². The Kier molecular flexibility index (Phi) is 6.24. The fourth-order valence-corrected chi connectivity index (χ4v) is 5.27. The Morgan fingerprint density at radius 1 is 1.03 bits per heavy atom. The minimum atomic E-state index is -4.78. The molecule has 1 heterocycles. The third-order valence-corrected chi connectivity index (χ3v) is 6.97. The van der Waals surface area contributed by atoms with Crippen molar-refractivity contribution in [3.8, 4) is 5.75 Å². The van der Waals surface area contributed by atoms with Crippen LogP contribution in [0.1, 0.15) is 29.5 Å². The van der Waals surface area contributed by atoms with E-state index >= 15 is 0 Å². The number of piperidine rings is 1. The average Bonchev–Trinajstić information content (AvgIpc) is 2.66. The van der Waals surface area contributed by atoms with Crippen molar-refractivity contribution >= 4 is 16.0 Å². The number of aryl methyl sites for hydroxylation is 2. The molecule has 0 bridgehead atoms. The topological polar surface area (TPSA) is 63.7 Å². The molecule has 0 atom stereocenters. The maximum Gasteiger partial charge on any atom is 0.417 e. The number of hydrogen-bond donors (Lipinski definition) is 0. The van der Waals surface area contributed by atoms with E-state index in [-0.39, 0.29) is 25.9 Å². The Balaban J connectivity index is 1.70. The van der Waals surface area contributed by atoms with Gasteiger partial charge in [-0.25, -0.2) is 8.42 Å². The Bertz CT molecular complexity index is 1020. The summed E-state index contributed by atoms with van der Waals surface area (Å²) in [6, 6.07) is 9.53. The zero-order valence-corrected chi connectivity index (χ0v) is 17.4. The van der Waals surface area contributed by atoms with E-state index in [0.29, 0.717) is 5.75 Å². The van der Waals surface area contributed by atoms with Gasteiger partial charge in [0.2, 0.25) is 10.0 Å². The van der Waals surface area contributed by atoms with Gasteiger partial charge >= 0.3 is 12.1 Å². The van der Waals surface area contributed by atoms with Crippen LogP contribution in [0.25, 0.3) is 0 Å². The lowest BCUT2D eigenvalue weighted by Gasteiger charge is -2.30. The smallest absolute Gasteiger partial charge is 0.417 e. The second-order valence-corrected chi connectivity index (χ2v) is 9.32. The minimum absolute atomic E-state index is 0.0544. The number of rotatable bonds is 4. The lowest BCUT2D eigenvalue weighted by Crippen LogP contribution is -2.41. The number of alkyl halides is 3. The van der Waals surface area contributed by atoms with Crippen molar-refractivity contribution < 1.29 is 31.1 Å². The largest absolute Gasteiger partial charge is 0.426 e. The van der Waals surface area contributed by atoms with Crippen LogP contribution < -0.4 is 4.74 Å². The van der Waals surface area contributed by atoms with E-state index in [4.69, 9.17) is 4.74 Å². The zero-order valence-electron chi connectivity index (χ0n) is 16.6. The van der Waals surface area contributed by atoms with Crippen molar-refractivity contribution in [3.05, 3.63) is 59.2 Å². The number of ether oxygens (including phenoxy) is 1. The van der Waals surface area contributed by atoms with Crippen molar-refractivity contribution in [1.82, 2.24) is 4.31 Å². The Hall–Kier alpha value is -2.39. The van der Waals surface area contributed by atoms with Gasteiger partial charge in [0, 0.05) is 13.1 Å². The summed E-state index contributed by atoms with van der Waals surface area (Å²) in [4.78, 5) is 11.7. The van der Waals surface area contributed by atoms with E-state index in [0.717, 1.165) is 33.6 Å². The molecule has 0 aromatic heterocycles. The second-order valence-electron chi connectivity index (χ2n) is 7.42. The molecule has 0 N–H and O–H groups in total. The summed E-state index contributed by atoms with van der Waals surface area (Å²) in [6.07, 6.45) is -4.42. The third-order valence-electron chi connectivity index (χ3n) is 5.01. The molecule has 2 aromatic rings. The first kappa shape index (κ1) is 22.3. The van der Waals surface area contributed by atoms with E-state index in [1.165, 1.54) is 6.07 Å². The molecule has 5 nitrogen and oxygen atoms in total. The molecule has 0 radical (unpaired) electrons. The van der Waals surface area contributed by atoms with Gasteiger partial charge in [0.25, 0.3) is 0 Å². The molecular weight excluding hydrogens is 419 g/mol. The molecular formula is C21H22F3NO4S.